The molecular weight excluding hydrogens is 925 g/mol. The Kier molecular flexibility index (Phi) is 20.5. The summed E-state index contributed by atoms with van der Waals surface area (Å²) in [5, 5.41) is 17.9. The number of hydrogen-bond donors (Lipinski definition) is 2. The lowest BCUT2D eigenvalue weighted by Crippen LogP contribution is -2.11. The molecule has 1 aliphatic heterocycles. The highest BCUT2D eigenvalue weighted by Gasteiger charge is 2.44. The van der Waals surface area contributed by atoms with E-state index in [-0.39, 0.29) is 35.9 Å². The van der Waals surface area contributed by atoms with Crippen LogP contribution < -0.4 is 23.7 Å². The molecule has 2 unspecified atom stereocenters. The van der Waals surface area contributed by atoms with Gasteiger partial charge in [0.15, 0.2) is 0 Å². The average molecular weight is 994 g/mol. The number of rotatable bonds is 17. The Labute approximate surface area is 411 Å². The summed E-state index contributed by atoms with van der Waals surface area (Å²) in [5.74, 6) is 3.97. The molecular formula is C57H69BrO10. The Hall–Kier alpha value is -5.52. The predicted octanol–water partition coefficient (Wildman–Crippen LogP) is 13.3. The van der Waals surface area contributed by atoms with Crippen LogP contribution in [-0.4, -0.2) is 66.9 Å². The SMILES string of the molecule is Brc1ccc(OC[C@@H]2CO2)cc1.CC.CC.O=C(O)[C@@H]1C[C@H]1COc1ccc(C2CC[C@@H](Oc3ccccc3)C2)cc1.O=C(O)[C@@H]1C[C@H]1COc1ccc(C2CC[C@H](Oc3ccccc3)C2)cc1. The van der Waals surface area contributed by atoms with Crippen LogP contribution in [0.3, 0.4) is 0 Å². The van der Waals surface area contributed by atoms with E-state index in [1.165, 1.54) is 11.1 Å². The van der Waals surface area contributed by atoms with E-state index in [0.29, 0.717) is 37.8 Å². The highest BCUT2D eigenvalue weighted by molar-refractivity contribution is 9.10. The summed E-state index contributed by atoms with van der Waals surface area (Å²) in [4.78, 5) is 21.7. The lowest BCUT2D eigenvalue weighted by atomic mass is 9.97. The third-order valence-electron chi connectivity index (χ3n) is 12.6. The number of carbonyl (C=O) groups is 2. The molecule has 4 aliphatic carbocycles. The second-order valence-electron chi connectivity index (χ2n) is 17.5. The minimum Gasteiger partial charge on any atom is -0.493 e. The topological polar surface area (TPSA) is 133 Å². The van der Waals surface area contributed by atoms with Gasteiger partial charge in [0.1, 0.15) is 41.5 Å². The smallest absolute Gasteiger partial charge is 0.306 e. The average Bonchev–Trinajstić information content (AvgIpc) is 4.34. The Bertz CT molecular complexity index is 2090. The van der Waals surface area contributed by atoms with E-state index < -0.39 is 11.9 Å². The molecule has 5 aromatic rings. The summed E-state index contributed by atoms with van der Waals surface area (Å²) in [5.41, 5.74) is 2.65. The molecule has 4 saturated carbocycles. The first kappa shape index (κ1) is 51.9. The number of hydrogen-bond acceptors (Lipinski definition) is 8. The number of carboxylic acid groups (broad SMARTS) is 2. The summed E-state index contributed by atoms with van der Waals surface area (Å²) < 4.78 is 35.2. The molecule has 10 nitrogen and oxygen atoms in total. The van der Waals surface area contributed by atoms with Crippen molar-refractivity contribution < 1.29 is 48.2 Å². The summed E-state index contributed by atoms with van der Waals surface area (Å²) in [6.07, 6.45) is 8.87. The maximum absolute atomic E-state index is 10.9. The first-order valence-corrected chi connectivity index (χ1v) is 25.4. The Morgan fingerprint density at radius 2 is 0.868 bits per heavy atom. The van der Waals surface area contributed by atoms with Crippen molar-refractivity contribution in [1.82, 2.24) is 0 Å². The number of epoxide rings is 1. The lowest BCUT2D eigenvalue weighted by Gasteiger charge is -2.15. The van der Waals surface area contributed by atoms with Crippen LogP contribution in [0.15, 0.2) is 138 Å². The zero-order valence-corrected chi connectivity index (χ0v) is 41.5. The quantitative estimate of drug-likeness (QED) is 0.0868. The van der Waals surface area contributed by atoms with Gasteiger partial charge in [0.05, 0.1) is 43.9 Å². The van der Waals surface area contributed by atoms with Crippen LogP contribution >= 0.6 is 15.9 Å². The molecule has 5 aliphatic rings. The van der Waals surface area contributed by atoms with Crippen molar-refractivity contribution in [3.63, 3.8) is 0 Å². The van der Waals surface area contributed by atoms with Gasteiger partial charge in [0, 0.05) is 16.3 Å². The van der Waals surface area contributed by atoms with Gasteiger partial charge in [-0.15, -0.1) is 0 Å². The van der Waals surface area contributed by atoms with Crippen LogP contribution in [0.1, 0.15) is 102 Å². The van der Waals surface area contributed by atoms with Crippen LogP contribution in [-0.2, 0) is 14.3 Å². The minimum absolute atomic E-state index is 0.165. The first-order valence-electron chi connectivity index (χ1n) is 24.6. The van der Waals surface area contributed by atoms with E-state index in [4.69, 9.17) is 38.6 Å². The molecule has 1 saturated heterocycles. The zero-order valence-electron chi connectivity index (χ0n) is 39.9. The summed E-state index contributed by atoms with van der Waals surface area (Å²) in [6.45, 7) is 10.5. The van der Waals surface area contributed by atoms with Crippen molar-refractivity contribution in [2.45, 2.75) is 109 Å². The molecule has 10 rings (SSSR count). The molecule has 11 heteroatoms. The van der Waals surface area contributed by atoms with Crippen LogP contribution in [0.2, 0.25) is 0 Å². The Morgan fingerprint density at radius 3 is 1.22 bits per heavy atom. The Balaban J connectivity index is 0.000000171. The van der Waals surface area contributed by atoms with Crippen molar-refractivity contribution >= 4 is 27.9 Å². The van der Waals surface area contributed by atoms with Crippen molar-refractivity contribution in [2.24, 2.45) is 23.7 Å². The number of para-hydroxylation sites is 2. The number of aliphatic carboxylic acids is 2. The Morgan fingerprint density at radius 1 is 0.500 bits per heavy atom. The van der Waals surface area contributed by atoms with E-state index in [1.54, 1.807) is 0 Å². The molecule has 68 heavy (non-hydrogen) atoms. The maximum Gasteiger partial charge on any atom is 0.306 e. The lowest BCUT2D eigenvalue weighted by molar-refractivity contribution is -0.139. The summed E-state index contributed by atoms with van der Waals surface area (Å²) in [7, 11) is 0. The van der Waals surface area contributed by atoms with Crippen LogP contribution in [0.4, 0.5) is 0 Å². The van der Waals surface area contributed by atoms with Crippen LogP contribution in [0, 0.1) is 23.7 Å². The molecule has 9 atom stereocenters. The molecule has 2 N–H and O–H groups in total. The van der Waals surface area contributed by atoms with Gasteiger partial charge in [-0.3, -0.25) is 9.59 Å². The molecule has 1 heterocycles. The molecule has 0 aromatic heterocycles. The van der Waals surface area contributed by atoms with Gasteiger partial charge in [0.25, 0.3) is 0 Å². The number of benzene rings is 5. The van der Waals surface area contributed by atoms with E-state index >= 15 is 0 Å². The van der Waals surface area contributed by atoms with Crippen molar-refractivity contribution in [3.8, 4) is 28.7 Å². The molecule has 0 bridgehead atoms. The summed E-state index contributed by atoms with van der Waals surface area (Å²) in [6, 6.07) is 44.4. The highest BCUT2D eigenvalue weighted by Crippen LogP contribution is 2.41. The number of ether oxygens (including phenoxy) is 6. The largest absolute Gasteiger partial charge is 0.493 e. The normalized spacial score (nSPS) is 24.5. The van der Waals surface area contributed by atoms with Gasteiger partial charge in [0.2, 0.25) is 0 Å². The molecule has 0 amide bonds. The van der Waals surface area contributed by atoms with Crippen molar-refractivity contribution in [3.05, 3.63) is 149 Å². The van der Waals surface area contributed by atoms with Gasteiger partial charge in [-0.2, -0.15) is 0 Å². The van der Waals surface area contributed by atoms with E-state index in [9.17, 15) is 9.59 Å². The first-order chi connectivity index (χ1) is 33.2. The summed E-state index contributed by atoms with van der Waals surface area (Å²) >= 11 is 3.36. The predicted molar refractivity (Wildman–Crippen MR) is 269 cm³/mol. The fourth-order valence-corrected chi connectivity index (χ4v) is 8.78. The van der Waals surface area contributed by atoms with Gasteiger partial charge in [-0.05, 0) is 147 Å². The molecule has 5 aromatic carbocycles. The molecule has 0 radical (unpaired) electrons. The second kappa shape index (κ2) is 26.9. The minimum atomic E-state index is -0.706. The molecule has 5 fully saturated rings. The monoisotopic (exact) mass is 992 g/mol. The fraction of sp³-hybridized carbons (Fsp3) is 0.439. The van der Waals surface area contributed by atoms with Gasteiger partial charge in [-0.25, -0.2) is 0 Å². The van der Waals surface area contributed by atoms with Gasteiger partial charge < -0.3 is 38.6 Å². The van der Waals surface area contributed by atoms with Crippen LogP contribution in [0.25, 0.3) is 0 Å². The van der Waals surface area contributed by atoms with Crippen molar-refractivity contribution in [2.75, 3.05) is 26.4 Å². The zero-order chi connectivity index (χ0) is 48.3. The van der Waals surface area contributed by atoms with Gasteiger partial charge >= 0.3 is 11.9 Å². The van der Waals surface area contributed by atoms with E-state index in [2.05, 4.69) is 40.2 Å². The van der Waals surface area contributed by atoms with E-state index in [1.807, 2.05) is 137 Å². The third-order valence-corrected chi connectivity index (χ3v) is 13.2. The maximum atomic E-state index is 10.9. The number of carboxylic acids is 2. The van der Waals surface area contributed by atoms with Crippen LogP contribution in [0.5, 0.6) is 28.7 Å². The third kappa shape index (κ3) is 16.9. The number of halogens is 1. The van der Waals surface area contributed by atoms with Gasteiger partial charge in [-0.1, -0.05) is 104 Å². The van der Waals surface area contributed by atoms with E-state index in [0.717, 1.165) is 91.2 Å². The molecule has 364 valence electrons. The molecule has 0 spiro atoms. The highest BCUT2D eigenvalue weighted by atomic mass is 79.9. The fourth-order valence-electron chi connectivity index (χ4n) is 8.51. The standard InChI is InChI=1S/2C22H24O4.C9H9BrO2.2C2H6/c2*23-22(24)21-13-17(21)14-25-18-9-6-15(7-10-18)16-8-11-20(12-16)26-19-4-2-1-3-5-19;10-7-1-3-8(4-2-7)11-5-9-6-12-9;2*1-2/h2*1-7,9-10,16-17,20-21H,8,11-14H2,(H,23,24);1-4,9H,5-6H2;2*1-2H3/t16?,17-,20+,21+;16?,17-,20-,21+;9-;;/m001../s1. The second-order valence-corrected chi connectivity index (χ2v) is 18.4. The van der Waals surface area contributed by atoms with Crippen molar-refractivity contribution in [1.29, 1.82) is 0 Å².